The molecule has 1 unspecified atom stereocenters. The fourth-order valence-electron chi connectivity index (χ4n) is 4.41. The summed E-state index contributed by atoms with van der Waals surface area (Å²) in [6.07, 6.45) is 0. The van der Waals surface area contributed by atoms with Crippen molar-refractivity contribution in [3.63, 3.8) is 0 Å². The summed E-state index contributed by atoms with van der Waals surface area (Å²) in [4.78, 5) is 40.1. The molecule has 40 heavy (non-hydrogen) atoms. The molecule has 1 atom stereocenters. The predicted molar refractivity (Wildman–Crippen MR) is 143 cm³/mol. The van der Waals surface area contributed by atoms with Crippen LogP contribution in [0.25, 0.3) is 0 Å². The minimum atomic E-state index is -1.04. The number of phenols is 1. The molecule has 0 fully saturated rings. The van der Waals surface area contributed by atoms with Crippen molar-refractivity contribution >= 4 is 23.6 Å². The number of carbonyl (C=O) groups excluding carboxylic acids is 3. The number of phenolic OH excluding ortho intramolecular Hbond substituents is 1. The van der Waals surface area contributed by atoms with Gasteiger partial charge in [-0.1, -0.05) is 60.7 Å². The van der Waals surface area contributed by atoms with Crippen LogP contribution in [0.4, 0.5) is 5.69 Å². The number of methoxy groups -OCH3 is 2. The highest BCUT2D eigenvalue weighted by atomic mass is 16.5. The van der Waals surface area contributed by atoms with Gasteiger partial charge in [-0.25, -0.2) is 14.4 Å². The third-order valence-electron chi connectivity index (χ3n) is 6.28. The van der Waals surface area contributed by atoms with E-state index in [9.17, 15) is 24.8 Å². The second-order valence-electron chi connectivity index (χ2n) is 8.60. The molecule has 3 N–H and O–H groups in total. The van der Waals surface area contributed by atoms with E-state index < -0.39 is 29.6 Å². The van der Waals surface area contributed by atoms with Crippen LogP contribution in [0.3, 0.4) is 0 Å². The Bertz CT molecular complexity index is 1560. The lowest BCUT2D eigenvalue weighted by molar-refractivity contribution is -0.139. The number of anilines is 1. The van der Waals surface area contributed by atoms with Gasteiger partial charge in [-0.15, -0.1) is 0 Å². The molecule has 10 nitrogen and oxygen atoms in total. The van der Waals surface area contributed by atoms with Crippen LogP contribution in [0.5, 0.6) is 5.75 Å². The lowest BCUT2D eigenvalue weighted by Gasteiger charge is -2.36. The van der Waals surface area contributed by atoms with Crippen molar-refractivity contribution in [2.75, 3.05) is 19.1 Å². The zero-order valence-corrected chi connectivity index (χ0v) is 21.7. The molecular formula is C30H25N3O7. The number of benzene rings is 3. The molecule has 0 aromatic heterocycles. The minimum absolute atomic E-state index is 0.00715. The first kappa shape index (κ1) is 27.5. The standard InChI is InChI=1S/C30H25N3O7/c1-38-29(36)25-24(19-11-7-4-8-12-19)22(16-31)27(32)33(26(25)30(37)39-2)20-13-14-21(23(34)15-20)28(35)40-17-18-9-5-3-6-10-18/h3-15,24,34H,17,32H2,1-2H3. The van der Waals surface area contributed by atoms with E-state index in [4.69, 9.17) is 19.9 Å². The third kappa shape index (κ3) is 5.21. The summed E-state index contributed by atoms with van der Waals surface area (Å²) in [6.45, 7) is -0.00715. The Hall–Kier alpha value is -5.56. The van der Waals surface area contributed by atoms with E-state index in [1.807, 2.05) is 12.1 Å². The largest absolute Gasteiger partial charge is 0.507 e. The van der Waals surface area contributed by atoms with Gasteiger partial charge in [0, 0.05) is 6.07 Å². The first-order chi connectivity index (χ1) is 19.3. The number of carbonyl (C=O) groups is 3. The number of ether oxygens (including phenoxy) is 3. The van der Waals surface area contributed by atoms with E-state index in [1.54, 1.807) is 54.6 Å². The summed E-state index contributed by atoms with van der Waals surface area (Å²) in [7, 11) is 2.27. The van der Waals surface area contributed by atoms with E-state index in [0.29, 0.717) is 5.56 Å². The van der Waals surface area contributed by atoms with Crippen LogP contribution >= 0.6 is 0 Å². The van der Waals surface area contributed by atoms with Gasteiger partial charge < -0.3 is 25.1 Å². The number of rotatable bonds is 7. The van der Waals surface area contributed by atoms with Gasteiger partial charge in [-0.3, -0.25) is 4.90 Å². The fourth-order valence-corrected chi connectivity index (χ4v) is 4.41. The molecular weight excluding hydrogens is 514 g/mol. The maximum Gasteiger partial charge on any atom is 0.355 e. The van der Waals surface area contributed by atoms with Gasteiger partial charge in [0.05, 0.1) is 43.0 Å². The molecule has 3 aromatic carbocycles. The van der Waals surface area contributed by atoms with Gasteiger partial charge in [0.25, 0.3) is 0 Å². The first-order valence-corrected chi connectivity index (χ1v) is 12.0. The highest BCUT2D eigenvalue weighted by molar-refractivity contribution is 6.06. The Kier molecular flexibility index (Phi) is 8.16. The van der Waals surface area contributed by atoms with E-state index in [1.165, 1.54) is 18.2 Å². The lowest BCUT2D eigenvalue weighted by Crippen LogP contribution is -2.40. The second-order valence-corrected chi connectivity index (χ2v) is 8.60. The summed E-state index contributed by atoms with van der Waals surface area (Å²) < 4.78 is 15.3. The van der Waals surface area contributed by atoms with E-state index in [0.717, 1.165) is 24.7 Å². The molecule has 0 radical (unpaired) electrons. The number of nitrogens with two attached hydrogens (primary N) is 1. The molecule has 3 aromatic rings. The molecule has 0 amide bonds. The average Bonchev–Trinajstić information content (AvgIpc) is 2.99. The maximum absolute atomic E-state index is 13.2. The number of hydrogen-bond donors (Lipinski definition) is 2. The Morgan fingerprint density at radius 2 is 1.55 bits per heavy atom. The topological polar surface area (TPSA) is 152 Å². The number of nitriles is 1. The highest BCUT2D eigenvalue weighted by Gasteiger charge is 2.43. The maximum atomic E-state index is 13.2. The van der Waals surface area contributed by atoms with Crippen molar-refractivity contribution in [1.29, 1.82) is 5.26 Å². The van der Waals surface area contributed by atoms with Gasteiger partial charge in [0.1, 0.15) is 29.4 Å². The Morgan fingerprint density at radius 1 is 0.925 bits per heavy atom. The van der Waals surface area contributed by atoms with Crippen molar-refractivity contribution in [2.45, 2.75) is 12.5 Å². The minimum Gasteiger partial charge on any atom is -0.507 e. The number of nitrogens with zero attached hydrogens (tertiary/aromatic N) is 2. The van der Waals surface area contributed by atoms with E-state index in [2.05, 4.69) is 0 Å². The molecule has 0 spiro atoms. The Morgan fingerprint density at radius 3 is 2.12 bits per heavy atom. The zero-order chi connectivity index (χ0) is 28.8. The predicted octanol–water partition coefficient (Wildman–Crippen LogP) is 3.65. The van der Waals surface area contributed by atoms with Crippen molar-refractivity contribution in [3.05, 3.63) is 118 Å². The summed E-state index contributed by atoms with van der Waals surface area (Å²) in [5.74, 6) is -4.29. The SMILES string of the molecule is COC(=O)C1=C(C(=O)OC)N(c2ccc(C(=O)OCc3ccccc3)c(O)c2)C(N)=C(C#N)C1c1ccccc1. The van der Waals surface area contributed by atoms with Crippen molar-refractivity contribution in [2.24, 2.45) is 5.73 Å². The Labute approximate surface area is 230 Å². The lowest BCUT2D eigenvalue weighted by atomic mass is 9.81. The van der Waals surface area contributed by atoms with Gasteiger partial charge >= 0.3 is 17.9 Å². The third-order valence-corrected chi connectivity index (χ3v) is 6.28. The number of esters is 3. The first-order valence-electron chi connectivity index (χ1n) is 12.0. The van der Waals surface area contributed by atoms with Gasteiger partial charge in [0.2, 0.25) is 0 Å². The molecule has 0 aliphatic carbocycles. The number of allylic oxidation sites excluding steroid dienone is 1. The van der Waals surface area contributed by atoms with Gasteiger partial charge in [0.15, 0.2) is 0 Å². The summed E-state index contributed by atoms with van der Waals surface area (Å²) in [5.41, 5.74) is 7.15. The van der Waals surface area contributed by atoms with Gasteiger partial charge in [-0.2, -0.15) is 5.26 Å². The molecule has 1 aliphatic rings. The van der Waals surface area contributed by atoms with E-state index in [-0.39, 0.29) is 40.5 Å². The van der Waals surface area contributed by atoms with Crippen LogP contribution < -0.4 is 10.6 Å². The number of hydrogen-bond acceptors (Lipinski definition) is 10. The summed E-state index contributed by atoms with van der Waals surface area (Å²) in [6, 6.07) is 23.5. The second kappa shape index (κ2) is 11.9. The van der Waals surface area contributed by atoms with Crippen LogP contribution in [0, 0.1) is 11.3 Å². The molecule has 202 valence electrons. The van der Waals surface area contributed by atoms with Crippen molar-refractivity contribution in [3.8, 4) is 11.8 Å². The summed E-state index contributed by atoms with van der Waals surface area (Å²) in [5, 5.41) is 20.9. The van der Waals surface area contributed by atoms with Crippen LogP contribution in [0.1, 0.15) is 27.4 Å². The zero-order valence-electron chi connectivity index (χ0n) is 21.7. The number of aromatic hydroxyl groups is 1. The molecule has 1 heterocycles. The van der Waals surface area contributed by atoms with Crippen molar-refractivity contribution < 1.29 is 33.7 Å². The normalized spacial score (nSPS) is 14.8. The molecule has 0 saturated carbocycles. The highest BCUT2D eigenvalue weighted by Crippen LogP contribution is 2.43. The van der Waals surface area contributed by atoms with Crippen LogP contribution in [-0.2, 0) is 30.4 Å². The van der Waals surface area contributed by atoms with Crippen LogP contribution in [-0.4, -0.2) is 37.2 Å². The average molecular weight is 540 g/mol. The monoisotopic (exact) mass is 539 g/mol. The fraction of sp³-hybridized carbons (Fsp3) is 0.133. The molecule has 0 bridgehead atoms. The molecule has 4 rings (SSSR count). The Balaban J connectivity index is 1.82. The smallest absolute Gasteiger partial charge is 0.355 e. The van der Waals surface area contributed by atoms with E-state index >= 15 is 0 Å². The van der Waals surface area contributed by atoms with Crippen molar-refractivity contribution in [1.82, 2.24) is 0 Å². The molecule has 1 aliphatic heterocycles. The van der Waals surface area contributed by atoms with Crippen LogP contribution in [0.15, 0.2) is 102 Å². The quantitative estimate of drug-likeness (QED) is 0.336. The van der Waals surface area contributed by atoms with Crippen LogP contribution in [0.2, 0.25) is 0 Å². The van der Waals surface area contributed by atoms with Gasteiger partial charge in [-0.05, 0) is 23.3 Å². The molecule has 10 heteroatoms. The molecule has 0 saturated heterocycles. The summed E-state index contributed by atoms with van der Waals surface area (Å²) >= 11 is 0.